The van der Waals surface area contributed by atoms with Gasteiger partial charge >= 0.3 is 0 Å². The fourth-order valence-electron chi connectivity index (χ4n) is 0.794. The Morgan fingerprint density at radius 3 is 2.15 bits per heavy atom. The lowest BCUT2D eigenvalue weighted by molar-refractivity contribution is 0.241. The predicted octanol–water partition coefficient (Wildman–Crippen LogP) is 4.26. The lowest BCUT2D eigenvalue weighted by atomic mass is 10.3. The summed E-state index contributed by atoms with van der Waals surface area (Å²) in [4.78, 5) is 0. The Balaban J connectivity index is 0.000000671. The molecule has 2 heteroatoms. The minimum Gasteiger partial charge on any atom is -0.490 e. The third-order valence-electron chi connectivity index (χ3n) is 1.20. The van der Waals surface area contributed by atoms with Gasteiger partial charge in [0.25, 0.3) is 0 Å². The zero-order chi connectivity index (χ0) is 10.3. The molecular formula is C11H17BrO. The van der Waals surface area contributed by atoms with E-state index in [1.54, 1.807) is 0 Å². The van der Waals surface area contributed by atoms with E-state index in [9.17, 15) is 0 Å². The van der Waals surface area contributed by atoms with Crippen LogP contribution in [0.25, 0.3) is 0 Å². The molecule has 0 aliphatic rings. The fraction of sp³-hybridized carbons (Fsp3) is 0.455. The van der Waals surface area contributed by atoms with Crippen molar-refractivity contribution < 1.29 is 4.74 Å². The minimum absolute atomic E-state index is 0.230. The van der Waals surface area contributed by atoms with Crippen molar-refractivity contribution in [3.05, 3.63) is 28.7 Å². The maximum Gasteiger partial charge on any atom is 0.133 e. The van der Waals surface area contributed by atoms with Crippen LogP contribution in [0.1, 0.15) is 27.7 Å². The lowest BCUT2D eigenvalue weighted by Gasteiger charge is -2.10. The molecule has 0 N–H and O–H groups in total. The van der Waals surface area contributed by atoms with Gasteiger partial charge in [0.2, 0.25) is 0 Å². The first-order valence-electron chi connectivity index (χ1n) is 4.61. The van der Waals surface area contributed by atoms with Crippen molar-refractivity contribution in [1.29, 1.82) is 0 Å². The summed E-state index contributed by atoms with van der Waals surface area (Å²) in [5, 5.41) is 0. The number of rotatable bonds is 2. The van der Waals surface area contributed by atoms with Crippen molar-refractivity contribution in [2.45, 2.75) is 33.8 Å². The number of benzene rings is 1. The number of hydrogen-bond donors (Lipinski definition) is 0. The number of para-hydroxylation sites is 1. The van der Waals surface area contributed by atoms with Gasteiger partial charge in [0, 0.05) is 0 Å². The van der Waals surface area contributed by atoms with Gasteiger partial charge in [-0.2, -0.15) is 0 Å². The molecule has 13 heavy (non-hydrogen) atoms. The monoisotopic (exact) mass is 244 g/mol. The summed E-state index contributed by atoms with van der Waals surface area (Å²) < 4.78 is 6.51. The van der Waals surface area contributed by atoms with E-state index in [0.29, 0.717) is 0 Å². The highest BCUT2D eigenvalue weighted by atomic mass is 79.9. The van der Waals surface area contributed by atoms with Gasteiger partial charge in [0.15, 0.2) is 0 Å². The average molecular weight is 245 g/mol. The summed E-state index contributed by atoms with van der Waals surface area (Å²) in [5.74, 6) is 0.905. The van der Waals surface area contributed by atoms with Crippen LogP contribution in [-0.4, -0.2) is 6.10 Å². The zero-order valence-electron chi connectivity index (χ0n) is 8.67. The Morgan fingerprint density at radius 2 is 1.69 bits per heavy atom. The van der Waals surface area contributed by atoms with E-state index in [1.165, 1.54) is 0 Å². The Hall–Kier alpha value is -0.500. The van der Waals surface area contributed by atoms with E-state index in [-0.39, 0.29) is 6.10 Å². The number of ether oxygens (including phenoxy) is 1. The zero-order valence-corrected chi connectivity index (χ0v) is 10.3. The van der Waals surface area contributed by atoms with Crippen LogP contribution < -0.4 is 4.74 Å². The first-order chi connectivity index (χ1) is 6.20. The molecule has 0 saturated carbocycles. The normalized spacial score (nSPS) is 9.08. The molecular weight excluding hydrogens is 228 g/mol. The summed E-state index contributed by atoms with van der Waals surface area (Å²) in [7, 11) is 0. The maximum atomic E-state index is 5.50. The highest BCUT2D eigenvalue weighted by Gasteiger charge is 1.99. The fourth-order valence-corrected chi connectivity index (χ4v) is 1.17. The Kier molecular flexibility index (Phi) is 6.69. The standard InChI is InChI=1S/C9H11BrO.C2H6/c1-7(2)11-9-6-4-3-5-8(9)10;1-2/h3-7H,1-2H3;1-2H3. The second kappa shape index (κ2) is 6.96. The second-order valence-corrected chi connectivity index (χ2v) is 3.45. The molecule has 0 aromatic heterocycles. The number of hydrogen-bond acceptors (Lipinski definition) is 1. The molecule has 0 heterocycles. The second-order valence-electron chi connectivity index (χ2n) is 2.60. The van der Waals surface area contributed by atoms with Crippen molar-refractivity contribution in [2.75, 3.05) is 0 Å². The van der Waals surface area contributed by atoms with Crippen LogP contribution in [0, 0.1) is 0 Å². The van der Waals surface area contributed by atoms with Crippen LogP contribution >= 0.6 is 15.9 Å². The summed E-state index contributed by atoms with van der Waals surface area (Å²) in [6.45, 7) is 8.03. The van der Waals surface area contributed by atoms with Gasteiger partial charge in [0.05, 0.1) is 10.6 Å². The van der Waals surface area contributed by atoms with Crippen molar-refractivity contribution in [3.63, 3.8) is 0 Å². The molecule has 0 radical (unpaired) electrons. The van der Waals surface area contributed by atoms with Crippen LogP contribution in [0.3, 0.4) is 0 Å². The third-order valence-corrected chi connectivity index (χ3v) is 1.85. The highest BCUT2D eigenvalue weighted by Crippen LogP contribution is 2.24. The largest absolute Gasteiger partial charge is 0.490 e. The Labute approximate surface area is 89.2 Å². The van der Waals surface area contributed by atoms with Gasteiger partial charge in [-0.15, -0.1) is 0 Å². The van der Waals surface area contributed by atoms with E-state index >= 15 is 0 Å². The first kappa shape index (κ1) is 12.5. The molecule has 0 atom stereocenters. The van der Waals surface area contributed by atoms with E-state index in [4.69, 9.17) is 4.74 Å². The van der Waals surface area contributed by atoms with Crippen LogP contribution in [0.5, 0.6) is 5.75 Å². The summed E-state index contributed by atoms with van der Waals surface area (Å²) in [6, 6.07) is 7.85. The first-order valence-corrected chi connectivity index (χ1v) is 5.40. The molecule has 1 aromatic carbocycles. The minimum atomic E-state index is 0.230. The molecule has 1 rings (SSSR count). The summed E-state index contributed by atoms with van der Waals surface area (Å²) in [5.41, 5.74) is 0. The quantitative estimate of drug-likeness (QED) is 0.756. The van der Waals surface area contributed by atoms with Gasteiger partial charge < -0.3 is 4.74 Å². The Morgan fingerprint density at radius 1 is 1.15 bits per heavy atom. The van der Waals surface area contributed by atoms with Gasteiger partial charge in [-0.05, 0) is 41.9 Å². The molecule has 74 valence electrons. The SMILES string of the molecule is CC.CC(C)Oc1ccccc1Br. The number of halogens is 1. The molecule has 0 fully saturated rings. The topological polar surface area (TPSA) is 9.23 Å². The van der Waals surface area contributed by atoms with Gasteiger partial charge in [-0.3, -0.25) is 0 Å². The lowest BCUT2D eigenvalue weighted by Crippen LogP contribution is -2.05. The van der Waals surface area contributed by atoms with Gasteiger partial charge in [-0.25, -0.2) is 0 Å². The molecule has 1 nitrogen and oxygen atoms in total. The maximum absolute atomic E-state index is 5.50. The van der Waals surface area contributed by atoms with Crippen LogP contribution in [-0.2, 0) is 0 Å². The van der Waals surface area contributed by atoms with Crippen molar-refractivity contribution in [2.24, 2.45) is 0 Å². The summed E-state index contributed by atoms with van der Waals surface area (Å²) in [6.07, 6.45) is 0.230. The Bertz CT molecular complexity index is 233. The smallest absolute Gasteiger partial charge is 0.133 e. The molecule has 0 aliphatic carbocycles. The van der Waals surface area contributed by atoms with Gasteiger partial charge in [-0.1, -0.05) is 26.0 Å². The molecule has 1 aromatic rings. The third kappa shape index (κ3) is 4.94. The predicted molar refractivity (Wildman–Crippen MR) is 61.3 cm³/mol. The molecule has 0 aliphatic heterocycles. The van der Waals surface area contributed by atoms with E-state index in [2.05, 4.69) is 15.9 Å². The van der Waals surface area contributed by atoms with Crippen molar-refractivity contribution in [3.8, 4) is 5.75 Å². The van der Waals surface area contributed by atoms with Crippen LogP contribution in [0.4, 0.5) is 0 Å². The van der Waals surface area contributed by atoms with Crippen LogP contribution in [0.15, 0.2) is 28.7 Å². The van der Waals surface area contributed by atoms with Crippen molar-refractivity contribution >= 4 is 15.9 Å². The molecule has 0 spiro atoms. The van der Waals surface area contributed by atoms with E-state index in [0.717, 1.165) is 10.2 Å². The molecule has 0 unspecified atom stereocenters. The summed E-state index contributed by atoms with van der Waals surface area (Å²) >= 11 is 3.40. The van der Waals surface area contributed by atoms with Crippen molar-refractivity contribution in [1.82, 2.24) is 0 Å². The van der Waals surface area contributed by atoms with Gasteiger partial charge in [0.1, 0.15) is 5.75 Å². The molecule has 0 bridgehead atoms. The highest BCUT2D eigenvalue weighted by molar-refractivity contribution is 9.10. The van der Waals surface area contributed by atoms with Crippen LogP contribution in [0.2, 0.25) is 0 Å². The molecule has 0 amide bonds. The van der Waals surface area contributed by atoms with E-state index in [1.807, 2.05) is 52.0 Å². The average Bonchev–Trinajstić information content (AvgIpc) is 2.12. The molecule has 0 saturated heterocycles. The van der Waals surface area contributed by atoms with E-state index < -0.39 is 0 Å².